The monoisotopic (exact) mass is 628 g/mol. The molecule has 2 aromatic rings. The maximum atomic E-state index is 14.3. The molecular weight excluding hydrogens is 580 g/mol. The largest absolute Gasteiger partial charge is 0.487 e. The molecule has 242 valence electrons. The molecule has 0 saturated carbocycles. The zero-order valence-corrected chi connectivity index (χ0v) is 28.2. The summed E-state index contributed by atoms with van der Waals surface area (Å²) in [6, 6.07) is 3.00. The van der Waals surface area contributed by atoms with E-state index in [0.29, 0.717) is 48.5 Å². The standard InChI is InChI=1S/C33H48N4O6S/c1-20-21(2)29(22(3)25-18-33(7,8)42-28(20)25)44(40,41)37-17-11-12-23-15-16-24(36-30(23)37)13-9-10-14-27(38)35-19-26(34)31(39)43-32(4,5)6/h15-16,26H,9-14,17-19,34H2,1-8H3,(H,35,38). The Labute approximate surface area is 262 Å². The van der Waals surface area contributed by atoms with Gasteiger partial charge in [0.1, 0.15) is 28.8 Å². The number of hydrogen-bond acceptors (Lipinski definition) is 8. The van der Waals surface area contributed by atoms with Crippen molar-refractivity contribution in [1.82, 2.24) is 10.3 Å². The first-order valence-corrected chi connectivity index (χ1v) is 16.9. The predicted molar refractivity (Wildman–Crippen MR) is 171 cm³/mol. The number of aryl methyl sites for hydroxylation is 2. The second-order valence-electron chi connectivity index (χ2n) is 13.7. The molecular formula is C33H48N4O6S. The molecule has 4 rings (SSSR count). The zero-order valence-electron chi connectivity index (χ0n) is 27.4. The highest BCUT2D eigenvalue weighted by molar-refractivity contribution is 7.93. The van der Waals surface area contributed by atoms with Crippen molar-refractivity contribution in [2.24, 2.45) is 5.73 Å². The summed E-state index contributed by atoms with van der Waals surface area (Å²) in [5.41, 5.74) is 9.82. The minimum Gasteiger partial charge on any atom is -0.487 e. The van der Waals surface area contributed by atoms with Crippen LogP contribution in [-0.4, -0.2) is 55.6 Å². The van der Waals surface area contributed by atoms with Crippen LogP contribution < -0.4 is 20.1 Å². The Kier molecular flexibility index (Phi) is 9.71. The number of hydrogen-bond donors (Lipinski definition) is 2. The summed E-state index contributed by atoms with van der Waals surface area (Å²) in [4.78, 5) is 29.5. The molecule has 0 saturated heterocycles. The lowest BCUT2D eigenvalue weighted by molar-refractivity contribution is -0.156. The second kappa shape index (κ2) is 12.7. The number of aromatic nitrogens is 1. The number of anilines is 1. The van der Waals surface area contributed by atoms with E-state index in [-0.39, 0.29) is 24.5 Å². The van der Waals surface area contributed by atoms with Crippen molar-refractivity contribution in [2.75, 3.05) is 17.4 Å². The van der Waals surface area contributed by atoms with E-state index in [1.807, 2.05) is 46.8 Å². The summed E-state index contributed by atoms with van der Waals surface area (Å²) in [7, 11) is -3.88. The van der Waals surface area contributed by atoms with E-state index in [1.54, 1.807) is 20.8 Å². The van der Waals surface area contributed by atoms with Gasteiger partial charge in [-0.15, -0.1) is 0 Å². The Morgan fingerprint density at radius 2 is 1.84 bits per heavy atom. The molecule has 1 amide bonds. The molecule has 44 heavy (non-hydrogen) atoms. The van der Waals surface area contributed by atoms with Crippen LogP contribution in [0.15, 0.2) is 17.0 Å². The molecule has 1 unspecified atom stereocenters. The average molecular weight is 629 g/mol. The molecule has 2 aliphatic heterocycles. The fourth-order valence-electron chi connectivity index (χ4n) is 5.93. The van der Waals surface area contributed by atoms with Crippen LogP contribution in [0, 0.1) is 20.8 Å². The Balaban J connectivity index is 1.42. The van der Waals surface area contributed by atoms with Crippen molar-refractivity contribution >= 4 is 27.7 Å². The molecule has 3 N–H and O–H groups in total. The van der Waals surface area contributed by atoms with E-state index in [9.17, 15) is 18.0 Å². The number of pyridine rings is 1. The fraction of sp³-hybridized carbons (Fsp3) is 0.606. The van der Waals surface area contributed by atoms with Crippen LogP contribution in [0.25, 0.3) is 0 Å². The van der Waals surface area contributed by atoms with E-state index < -0.39 is 27.6 Å². The number of rotatable bonds is 10. The van der Waals surface area contributed by atoms with Crippen LogP contribution >= 0.6 is 0 Å². The van der Waals surface area contributed by atoms with E-state index in [2.05, 4.69) is 5.32 Å². The Morgan fingerprint density at radius 1 is 1.14 bits per heavy atom. The summed E-state index contributed by atoms with van der Waals surface area (Å²) in [6.45, 7) is 15.4. The average Bonchev–Trinajstić information content (AvgIpc) is 3.27. The number of nitrogens with two attached hydrogens (primary N) is 1. The molecule has 11 heteroatoms. The minimum absolute atomic E-state index is 0.0118. The molecule has 0 radical (unpaired) electrons. The lowest BCUT2D eigenvalue weighted by Crippen LogP contribution is -2.45. The number of amides is 1. The van der Waals surface area contributed by atoms with Crippen molar-refractivity contribution in [3.05, 3.63) is 45.6 Å². The van der Waals surface area contributed by atoms with Gasteiger partial charge >= 0.3 is 5.97 Å². The van der Waals surface area contributed by atoms with Crippen molar-refractivity contribution in [3.63, 3.8) is 0 Å². The molecule has 3 heterocycles. The molecule has 0 fully saturated rings. The highest BCUT2D eigenvalue weighted by Crippen LogP contribution is 2.45. The van der Waals surface area contributed by atoms with Gasteiger partial charge in [-0.1, -0.05) is 6.07 Å². The fourth-order valence-corrected chi connectivity index (χ4v) is 7.95. The third-order valence-electron chi connectivity index (χ3n) is 8.21. The number of nitrogens with zero attached hydrogens (tertiary/aromatic N) is 2. The lowest BCUT2D eigenvalue weighted by Gasteiger charge is -2.31. The molecule has 1 atom stereocenters. The van der Waals surface area contributed by atoms with Gasteiger partial charge in [-0.2, -0.15) is 0 Å². The molecule has 0 spiro atoms. The maximum Gasteiger partial charge on any atom is 0.325 e. The van der Waals surface area contributed by atoms with Gasteiger partial charge in [0.15, 0.2) is 0 Å². The van der Waals surface area contributed by atoms with E-state index in [0.717, 1.165) is 46.5 Å². The van der Waals surface area contributed by atoms with E-state index in [4.69, 9.17) is 20.2 Å². The van der Waals surface area contributed by atoms with Crippen molar-refractivity contribution < 1.29 is 27.5 Å². The number of carbonyl (C=O) groups is 2. The van der Waals surface area contributed by atoms with Crippen LogP contribution in [0.1, 0.15) is 93.8 Å². The molecule has 1 aromatic carbocycles. The SMILES string of the molecule is Cc1c(C)c(S(=O)(=O)N2CCCc3ccc(CCCCC(=O)NCC(N)C(=O)OC(C)(C)C)nc32)c(C)c2c1OC(C)(C)C2. The second-order valence-corrected chi connectivity index (χ2v) is 15.5. The molecule has 2 aliphatic rings. The summed E-state index contributed by atoms with van der Waals surface area (Å²) in [6.07, 6.45) is 4.34. The molecule has 1 aromatic heterocycles. The van der Waals surface area contributed by atoms with Gasteiger partial charge in [-0.3, -0.25) is 9.59 Å². The number of esters is 1. The smallest absolute Gasteiger partial charge is 0.325 e. The Morgan fingerprint density at radius 3 is 2.52 bits per heavy atom. The van der Waals surface area contributed by atoms with E-state index in [1.165, 1.54) is 4.31 Å². The first-order chi connectivity index (χ1) is 20.4. The summed E-state index contributed by atoms with van der Waals surface area (Å²) in [5, 5.41) is 2.70. The number of unbranched alkanes of at least 4 members (excludes halogenated alkanes) is 1. The van der Waals surface area contributed by atoms with Gasteiger partial charge in [0, 0.05) is 37.2 Å². The number of nitrogens with one attached hydrogen (secondary N) is 1. The molecule has 0 aliphatic carbocycles. The van der Waals surface area contributed by atoms with Gasteiger partial charge in [0.2, 0.25) is 5.91 Å². The van der Waals surface area contributed by atoms with Crippen LogP contribution in [0.5, 0.6) is 5.75 Å². The van der Waals surface area contributed by atoms with Crippen LogP contribution in [-0.2, 0) is 43.6 Å². The number of carbonyl (C=O) groups excluding carboxylic acids is 2. The summed E-state index contributed by atoms with van der Waals surface area (Å²) >= 11 is 0. The normalized spacial score (nSPS) is 16.5. The Bertz CT molecular complexity index is 1540. The zero-order chi connectivity index (χ0) is 32.6. The van der Waals surface area contributed by atoms with Crippen LogP contribution in [0.4, 0.5) is 5.82 Å². The minimum atomic E-state index is -3.88. The van der Waals surface area contributed by atoms with Crippen molar-refractivity contribution in [1.29, 1.82) is 0 Å². The van der Waals surface area contributed by atoms with Gasteiger partial charge in [0.05, 0.1) is 4.90 Å². The third kappa shape index (κ3) is 7.37. The van der Waals surface area contributed by atoms with Gasteiger partial charge in [-0.25, -0.2) is 17.7 Å². The maximum absolute atomic E-state index is 14.3. The number of sulfonamides is 1. The predicted octanol–water partition coefficient (Wildman–Crippen LogP) is 4.36. The highest BCUT2D eigenvalue weighted by atomic mass is 32.2. The van der Waals surface area contributed by atoms with Crippen molar-refractivity contribution in [3.8, 4) is 5.75 Å². The molecule has 0 bridgehead atoms. The topological polar surface area (TPSA) is 141 Å². The quantitative estimate of drug-likeness (QED) is 0.292. The van der Waals surface area contributed by atoms with Crippen LogP contribution in [0.2, 0.25) is 0 Å². The van der Waals surface area contributed by atoms with Crippen molar-refractivity contribution in [2.45, 2.75) is 122 Å². The number of fused-ring (bicyclic) bond motifs is 2. The number of benzene rings is 1. The number of ether oxygens (including phenoxy) is 2. The third-order valence-corrected chi connectivity index (χ3v) is 10.3. The van der Waals surface area contributed by atoms with Gasteiger partial charge in [-0.05, 0) is 116 Å². The first kappa shape index (κ1) is 33.7. The summed E-state index contributed by atoms with van der Waals surface area (Å²) in [5.74, 6) is 0.560. The first-order valence-electron chi connectivity index (χ1n) is 15.5. The molecule has 10 nitrogen and oxygen atoms in total. The van der Waals surface area contributed by atoms with Crippen LogP contribution in [0.3, 0.4) is 0 Å². The highest BCUT2D eigenvalue weighted by Gasteiger charge is 2.39. The van der Waals surface area contributed by atoms with Gasteiger partial charge in [0.25, 0.3) is 10.0 Å². The summed E-state index contributed by atoms with van der Waals surface area (Å²) < 4.78 is 41.6. The lowest BCUT2D eigenvalue weighted by atomic mass is 9.94. The van der Waals surface area contributed by atoms with E-state index >= 15 is 0 Å². The Hall–Kier alpha value is -3.18. The van der Waals surface area contributed by atoms with Gasteiger partial charge < -0.3 is 20.5 Å².